The summed E-state index contributed by atoms with van der Waals surface area (Å²) in [5.41, 5.74) is 0.491. The van der Waals surface area contributed by atoms with Gasteiger partial charge in [-0.1, -0.05) is 6.42 Å². The number of rotatable bonds is 6. The van der Waals surface area contributed by atoms with Gasteiger partial charge in [0.1, 0.15) is 0 Å². The number of amides is 1. The smallest absolute Gasteiger partial charge is 0.281 e. The van der Waals surface area contributed by atoms with E-state index in [4.69, 9.17) is 0 Å². The van der Waals surface area contributed by atoms with E-state index in [0.29, 0.717) is 38.2 Å². The van der Waals surface area contributed by atoms with Crippen LogP contribution in [0.3, 0.4) is 0 Å². The van der Waals surface area contributed by atoms with Crippen LogP contribution in [0.15, 0.2) is 29.2 Å². The summed E-state index contributed by atoms with van der Waals surface area (Å²) >= 11 is 0. The summed E-state index contributed by atoms with van der Waals surface area (Å²) in [5.74, 6) is -0.717. The van der Waals surface area contributed by atoms with Crippen molar-refractivity contribution in [3.05, 3.63) is 24.3 Å². The molecule has 0 radical (unpaired) electrons. The van der Waals surface area contributed by atoms with Gasteiger partial charge in [-0.15, -0.1) is 0 Å². The standard InChI is InChI=1S/C19H30N4O5S2/c1-21(2)30(27,28)23-14-6-7-16(15-23)19(24)20-17-8-10-18(11-9-17)29(25,26)22-12-4-3-5-13-22/h8-11,16H,3-7,12-15H2,1-2H3,(H,20,24)/t16-/m1/s1. The van der Waals surface area contributed by atoms with E-state index < -0.39 is 26.2 Å². The fourth-order valence-corrected chi connectivity index (χ4v) is 6.51. The maximum atomic E-state index is 12.7. The van der Waals surface area contributed by atoms with Crippen LogP contribution in [0.2, 0.25) is 0 Å². The molecule has 30 heavy (non-hydrogen) atoms. The summed E-state index contributed by atoms with van der Waals surface area (Å²) in [6.45, 7) is 1.60. The van der Waals surface area contributed by atoms with E-state index in [1.54, 1.807) is 12.1 Å². The van der Waals surface area contributed by atoms with Crippen LogP contribution in [0.25, 0.3) is 0 Å². The molecule has 1 amide bonds. The molecule has 2 aliphatic heterocycles. The molecule has 0 bridgehead atoms. The van der Waals surface area contributed by atoms with E-state index in [9.17, 15) is 21.6 Å². The van der Waals surface area contributed by atoms with Gasteiger partial charge < -0.3 is 5.32 Å². The first kappa shape index (κ1) is 23.1. The minimum atomic E-state index is -3.56. The fourth-order valence-electron chi connectivity index (χ4n) is 3.81. The second kappa shape index (κ2) is 9.31. The van der Waals surface area contributed by atoms with E-state index in [-0.39, 0.29) is 17.3 Å². The largest absolute Gasteiger partial charge is 0.326 e. The zero-order chi connectivity index (χ0) is 21.9. The lowest BCUT2D eigenvalue weighted by Crippen LogP contribution is -2.47. The van der Waals surface area contributed by atoms with Gasteiger partial charge in [-0.05, 0) is 49.9 Å². The van der Waals surface area contributed by atoms with Crippen LogP contribution in [0.5, 0.6) is 0 Å². The van der Waals surface area contributed by atoms with Crippen LogP contribution in [0.4, 0.5) is 5.69 Å². The van der Waals surface area contributed by atoms with Gasteiger partial charge in [-0.25, -0.2) is 8.42 Å². The Morgan fingerprint density at radius 3 is 2.13 bits per heavy atom. The minimum Gasteiger partial charge on any atom is -0.326 e. The molecular formula is C19H30N4O5S2. The van der Waals surface area contributed by atoms with E-state index in [1.165, 1.54) is 34.8 Å². The van der Waals surface area contributed by atoms with Crippen LogP contribution in [-0.2, 0) is 25.0 Å². The molecular weight excluding hydrogens is 428 g/mol. The van der Waals surface area contributed by atoms with Crippen molar-refractivity contribution in [1.82, 2.24) is 12.9 Å². The Hall–Kier alpha value is -1.53. The molecule has 0 aliphatic carbocycles. The molecule has 9 nitrogen and oxygen atoms in total. The van der Waals surface area contributed by atoms with Crippen molar-refractivity contribution in [3.8, 4) is 0 Å². The summed E-state index contributed by atoms with van der Waals surface area (Å²) in [7, 11) is -4.13. The molecule has 2 heterocycles. The third-order valence-corrected chi connectivity index (χ3v) is 9.44. The zero-order valence-corrected chi connectivity index (χ0v) is 19.1. The van der Waals surface area contributed by atoms with Gasteiger partial charge in [0.25, 0.3) is 10.2 Å². The molecule has 0 saturated carbocycles. The Balaban J connectivity index is 1.64. The monoisotopic (exact) mass is 458 g/mol. The number of carbonyl (C=O) groups excluding carboxylic acids is 1. The van der Waals surface area contributed by atoms with Gasteiger partial charge >= 0.3 is 0 Å². The highest BCUT2D eigenvalue weighted by molar-refractivity contribution is 7.89. The number of piperidine rings is 2. The van der Waals surface area contributed by atoms with E-state index in [2.05, 4.69) is 5.32 Å². The van der Waals surface area contributed by atoms with Gasteiger partial charge in [0.15, 0.2) is 0 Å². The van der Waals surface area contributed by atoms with Crippen molar-refractivity contribution < 1.29 is 21.6 Å². The summed E-state index contributed by atoms with van der Waals surface area (Å²) in [6.07, 6.45) is 4.00. The molecule has 1 aromatic rings. The second-order valence-electron chi connectivity index (χ2n) is 7.97. The number of carbonyl (C=O) groups is 1. The number of nitrogens with one attached hydrogen (secondary N) is 1. The molecule has 0 aromatic heterocycles. The number of hydrogen-bond acceptors (Lipinski definition) is 5. The predicted molar refractivity (Wildman–Crippen MR) is 115 cm³/mol. The Labute approximate surface area is 179 Å². The van der Waals surface area contributed by atoms with Crippen LogP contribution >= 0.6 is 0 Å². The first-order valence-electron chi connectivity index (χ1n) is 10.2. The molecule has 1 aromatic carbocycles. The maximum Gasteiger partial charge on any atom is 0.281 e. The average molecular weight is 459 g/mol. The quantitative estimate of drug-likeness (QED) is 0.692. The molecule has 0 unspecified atom stereocenters. The highest BCUT2D eigenvalue weighted by Gasteiger charge is 2.33. The summed E-state index contributed by atoms with van der Waals surface area (Å²) in [4.78, 5) is 12.9. The predicted octanol–water partition coefficient (Wildman–Crippen LogP) is 1.32. The van der Waals surface area contributed by atoms with Gasteiger partial charge in [-0.2, -0.15) is 21.3 Å². The van der Waals surface area contributed by atoms with Crippen molar-refractivity contribution in [2.45, 2.75) is 37.0 Å². The molecule has 2 saturated heterocycles. The van der Waals surface area contributed by atoms with Crippen LogP contribution in [0.1, 0.15) is 32.1 Å². The SMILES string of the molecule is CN(C)S(=O)(=O)N1CCC[C@@H](C(=O)Nc2ccc(S(=O)(=O)N3CCCCC3)cc2)C1. The molecule has 2 fully saturated rings. The molecule has 1 N–H and O–H groups in total. The first-order chi connectivity index (χ1) is 14.1. The molecule has 168 valence electrons. The zero-order valence-electron chi connectivity index (χ0n) is 17.5. The Bertz CT molecular complexity index is 955. The molecule has 0 spiro atoms. The van der Waals surface area contributed by atoms with Crippen molar-refractivity contribution in [2.24, 2.45) is 5.92 Å². The van der Waals surface area contributed by atoms with E-state index in [0.717, 1.165) is 23.6 Å². The lowest BCUT2D eigenvalue weighted by atomic mass is 9.99. The maximum absolute atomic E-state index is 12.7. The number of sulfonamides is 1. The van der Waals surface area contributed by atoms with Gasteiger partial charge in [0, 0.05) is 46.0 Å². The number of hydrogen-bond donors (Lipinski definition) is 1. The lowest BCUT2D eigenvalue weighted by Gasteiger charge is -2.32. The van der Waals surface area contributed by atoms with E-state index in [1.807, 2.05) is 0 Å². The number of nitrogens with zero attached hydrogens (tertiary/aromatic N) is 3. The van der Waals surface area contributed by atoms with Crippen molar-refractivity contribution in [3.63, 3.8) is 0 Å². The third-order valence-electron chi connectivity index (χ3n) is 5.62. The molecule has 1 atom stereocenters. The lowest BCUT2D eigenvalue weighted by molar-refractivity contribution is -0.120. The van der Waals surface area contributed by atoms with Crippen LogP contribution in [0, 0.1) is 5.92 Å². The Morgan fingerprint density at radius 1 is 0.933 bits per heavy atom. The van der Waals surface area contributed by atoms with Gasteiger partial charge in [0.2, 0.25) is 15.9 Å². The van der Waals surface area contributed by atoms with Crippen LogP contribution < -0.4 is 5.32 Å². The highest BCUT2D eigenvalue weighted by Crippen LogP contribution is 2.24. The molecule has 3 rings (SSSR count). The fraction of sp³-hybridized carbons (Fsp3) is 0.632. The molecule has 11 heteroatoms. The van der Waals surface area contributed by atoms with E-state index >= 15 is 0 Å². The van der Waals surface area contributed by atoms with Gasteiger partial charge in [-0.3, -0.25) is 4.79 Å². The Morgan fingerprint density at radius 2 is 1.53 bits per heavy atom. The number of anilines is 1. The summed E-state index contributed by atoms with van der Waals surface area (Å²) in [6, 6.07) is 6.16. The minimum absolute atomic E-state index is 0.133. The van der Waals surface area contributed by atoms with Crippen molar-refractivity contribution >= 4 is 31.8 Å². The first-order valence-corrected chi connectivity index (χ1v) is 13.0. The Kier molecular flexibility index (Phi) is 7.18. The van der Waals surface area contributed by atoms with Crippen molar-refractivity contribution in [1.29, 1.82) is 0 Å². The summed E-state index contributed by atoms with van der Waals surface area (Å²) in [5, 5.41) is 2.79. The topological polar surface area (TPSA) is 107 Å². The highest BCUT2D eigenvalue weighted by atomic mass is 32.2. The van der Waals surface area contributed by atoms with Gasteiger partial charge in [0.05, 0.1) is 10.8 Å². The second-order valence-corrected chi connectivity index (χ2v) is 12.0. The normalized spacial score (nSPS) is 22.2. The number of benzene rings is 1. The third kappa shape index (κ3) is 5.02. The molecule has 2 aliphatic rings. The average Bonchev–Trinajstić information content (AvgIpc) is 2.74. The summed E-state index contributed by atoms with van der Waals surface area (Å²) < 4.78 is 54.1. The van der Waals surface area contributed by atoms with Crippen molar-refractivity contribution in [2.75, 3.05) is 45.6 Å². The van der Waals surface area contributed by atoms with Crippen LogP contribution in [-0.4, -0.2) is 75.9 Å².